The number of benzene rings is 2. The van der Waals surface area contributed by atoms with Gasteiger partial charge in [-0.2, -0.15) is 10.5 Å². The Morgan fingerprint density at radius 2 is 1.47 bits per heavy atom. The highest BCUT2D eigenvalue weighted by molar-refractivity contribution is 5.73. The Hall–Kier alpha value is -2.58. The van der Waals surface area contributed by atoms with E-state index in [-0.39, 0.29) is 0 Å². The summed E-state index contributed by atoms with van der Waals surface area (Å²) in [6.07, 6.45) is 0.900. The van der Waals surface area contributed by atoms with E-state index in [4.69, 9.17) is 10.5 Å². The third-order valence-corrected chi connectivity index (χ3v) is 3.28. The molecule has 2 rings (SSSR count). The third kappa shape index (κ3) is 2.49. The Morgan fingerprint density at radius 3 is 2.05 bits per heavy atom. The van der Waals surface area contributed by atoms with Crippen molar-refractivity contribution >= 4 is 0 Å². The molecule has 19 heavy (non-hydrogen) atoms. The Balaban J connectivity index is 2.70. The fourth-order valence-corrected chi connectivity index (χ4v) is 2.19. The minimum absolute atomic E-state index is 0.644. The summed E-state index contributed by atoms with van der Waals surface area (Å²) < 4.78 is 0. The minimum atomic E-state index is 0.644. The first-order valence-corrected chi connectivity index (χ1v) is 6.23. The predicted molar refractivity (Wildman–Crippen MR) is 75.4 cm³/mol. The monoisotopic (exact) mass is 246 g/mol. The zero-order valence-electron chi connectivity index (χ0n) is 11.1. The lowest BCUT2D eigenvalue weighted by atomic mass is 9.92. The number of rotatable bonds is 2. The summed E-state index contributed by atoms with van der Waals surface area (Å²) in [4.78, 5) is 0. The van der Waals surface area contributed by atoms with Crippen molar-refractivity contribution in [2.24, 2.45) is 0 Å². The van der Waals surface area contributed by atoms with Gasteiger partial charge in [0.1, 0.15) is 0 Å². The first-order chi connectivity index (χ1) is 9.19. The van der Waals surface area contributed by atoms with Crippen LogP contribution in [0.15, 0.2) is 36.4 Å². The summed E-state index contributed by atoms with van der Waals surface area (Å²) in [6.45, 7) is 4.11. The molecule has 0 aromatic heterocycles. The van der Waals surface area contributed by atoms with Gasteiger partial charge >= 0.3 is 0 Å². The van der Waals surface area contributed by atoms with Crippen molar-refractivity contribution in [3.05, 3.63) is 58.7 Å². The zero-order valence-corrected chi connectivity index (χ0v) is 11.1. The van der Waals surface area contributed by atoms with Crippen LogP contribution in [-0.4, -0.2) is 0 Å². The lowest BCUT2D eigenvalue weighted by molar-refractivity contribution is 1.14. The topological polar surface area (TPSA) is 47.6 Å². The average molecular weight is 246 g/mol. The van der Waals surface area contributed by atoms with Crippen molar-refractivity contribution in [1.29, 1.82) is 10.5 Å². The van der Waals surface area contributed by atoms with Gasteiger partial charge in [0.05, 0.1) is 23.3 Å². The average Bonchev–Trinajstić information content (AvgIpc) is 2.47. The van der Waals surface area contributed by atoms with E-state index in [0.717, 1.165) is 23.1 Å². The van der Waals surface area contributed by atoms with Crippen molar-refractivity contribution in [2.75, 3.05) is 0 Å². The van der Waals surface area contributed by atoms with Gasteiger partial charge in [-0.3, -0.25) is 0 Å². The molecule has 0 aliphatic heterocycles. The Morgan fingerprint density at radius 1 is 0.895 bits per heavy atom. The molecule has 0 aliphatic carbocycles. The molecule has 0 unspecified atom stereocenters. The van der Waals surface area contributed by atoms with Gasteiger partial charge in [-0.05, 0) is 59.9 Å². The van der Waals surface area contributed by atoms with Gasteiger partial charge < -0.3 is 0 Å². The van der Waals surface area contributed by atoms with Crippen molar-refractivity contribution in [3.63, 3.8) is 0 Å². The largest absolute Gasteiger partial charge is 0.192 e. The van der Waals surface area contributed by atoms with E-state index >= 15 is 0 Å². The van der Waals surface area contributed by atoms with Crippen LogP contribution in [0.25, 0.3) is 11.1 Å². The number of nitrogens with zero attached hydrogens (tertiary/aromatic N) is 2. The second-order valence-electron chi connectivity index (χ2n) is 4.48. The summed E-state index contributed by atoms with van der Waals surface area (Å²) in [5.74, 6) is 0. The molecular weight excluding hydrogens is 232 g/mol. The van der Waals surface area contributed by atoms with Crippen molar-refractivity contribution in [3.8, 4) is 23.3 Å². The maximum absolute atomic E-state index is 9.04. The van der Waals surface area contributed by atoms with Crippen LogP contribution in [-0.2, 0) is 6.42 Å². The number of nitriles is 2. The minimum Gasteiger partial charge on any atom is -0.192 e. The molecular formula is C17H14N2. The van der Waals surface area contributed by atoms with Gasteiger partial charge in [0, 0.05) is 0 Å². The maximum atomic E-state index is 9.04. The number of aryl methyl sites for hydroxylation is 2. The fourth-order valence-electron chi connectivity index (χ4n) is 2.19. The molecule has 2 aromatic carbocycles. The van der Waals surface area contributed by atoms with Crippen molar-refractivity contribution in [1.82, 2.24) is 0 Å². The van der Waals surface area contributed by atoms with E-state index in [9.17, 15) is 0 Å². The Kier molecular flexibility index (Phi) is 3.64. The Bertz CT molecular complexity index is 700. The molecule has 0 atom stereocenters. The summed E-state index contributed by atoms with van der Waals surface area (Å²) in [7, 11) is 0. The molecule has 0 heterocycles. The molecule has 0 N–H and O–H groups in total. The van der Waals surface area contributed by atoms with Gasteiger partial charge in [-0.15, -0.1) is 0 Å². The van der Waals surface area contributed by atoms with Gasteiger partial charge in [0.15, 0.2) is 0 Å². The van der Waals surface area contributed by atoms with E-state index in [1.807, 2.05) is 43.3 Å². The van der Waals surface area contributed by atoms with Crippen LogP contribution in [0, 0.1) is 29.6 Å². The van der Waals surface area contributed by atoms with Gasteiger partial charge in [-0.1, -0.05) is 19.1 Å². The first-order valence-electron chi connectivity index (χ1n) is 6.23. The smallest absolute Gasteiger partial charge is 0.0991 e. The van der Waals surface area contributed by atoms with E-state index in [1.54, 1.807) is 0 Å². The van der Waals surface area contributed by atoms with Crippen LogP contribution in [0.5, 0.6) is 0 Å². The lowest BCUT2D eigenvalue weighted by Crippen LogP contribution is -1.92. The Labute approximate surface area is 113 Å². The van der Waals surface area contributed by atoms with Crippen LogP contribution in [0.2, 0.25) is 0 Å². The SMILES string of the molecule is CCc1ccc(C#N)cc1-c1cc(C#N)ccc1C. The highest BCUT2D eigenvalue weighted by atomic mass is 14.2. The van der Waals surface area contributed by atoms with Crippen LogP contribution in [0.1, 0.15) is 29.2 Å². The second kappa shape index (κ2) is 5.38. The highest BCUT2D eigenvalue weighted by Crippen LogP contribution is 2.29. The molecule has 0 saturated heterocycles. The van der Waals surface area contributed by atoms with Gasteiger partial charge in [-0.25, -0.2) is 0 Å². The van der Waals surface area contributed by atoms with Crippen molar-refractivity contribution < 1.29 is 0 Å². The summed E-state index contributed by atoms with van der Waals surface area (Å²) in [6, 6.07) is 15.7. The summed E-state index contributed by atoms with van der Waals surface area (Å²) in [5, 5.41) is 18.1. The van der Waals surface area contributed by atoms with Gasteiger partial charge in [0.2, 0.25) is 0 Å². The lowest BCUT2D eigenvalue weighted by Gasteiger charge is -2.11. The molecule has 2 heteroatoms. The predicted octanol–water partition coefficient (Wildman–Crippen LogP) is 3.97. The standard InChI is InChI=1S/C17H14N2/c1-3-15-7-6-14(11-19)9-17(15)16-8-13(10-18)5-4-12(16)2/h4-9H,3H2,1-2H3. The molecule has 0 radical (unpaired) electrons. The number of hydrogen-bond acceptors (Lipinski definition) is 2. The molecule has 2 nitrogen and oxygen atoms in total. The molecule has 92 valence electrons. The zero-order chi connectivity index (χ0) is 13.8. The summed E-state index contributed by atoms with van der Waals surface area (Å²) >= 11 is 0. The molecule has 0 aliphatic rings. The van der Waals surface area contributed by atoms with Crippen LogP contribution >= 0.6 is 0 Å². The van der Waals surface area contributed by atoms with E-state index < -0.39 is 0 Å². The number of hydrogen-bond donors (Lipinski definition) is 0. The second-order valence-corrected chi connectivity index (χ2v) is 4.48. The van der Waals surface area contributed by atoms with Crippen LogP contribution in [0.4, 0.5) is 0 Å². The maximum Gasteiger partial charge on any atom is 0.0991 e. The molecule has 0 spiro atoms. The summed E-state index contributed by atoms with van der Waals surface area (Å²) in [5.41, 5.74) is 5.68. The quantitative estimate of drug-likeness (QED) is 0.805. The first kappa shape index (κ1) is 12.9. The van der Waals surface area contributed by atoms with Crippen LogP contribution in [0.3, 0.4) is 0 Å². The third-order valence-electron chi connectivity index (χ3n) is 3.28. The normalized spacial score (nSPS) is 9.68. The molecule has 0 fully saturated rings. The molecule has 2 aromatic rings. The van der Waals surface area contributed by atoms with Crippen LogP contribution < -0.4 is 0 Å². The van der Waals surface area contributed by atoms with Crippen molar-refractivity contribution in [2.45, 2.75) is 20.3 Å². The molecule has 0 bridgehead atoms. The van der Waals surface area contributed by atoms with E-state index in [2.05, 4.69) is 19.1 Å². The molecule has 0 saturated carbocycles. The molecule has 0 amide bonds. The van der Waals surface area contributed by atoms with Gasteiger partial charge in [0.25, 0.3) is 0 Å². The highest BCUT2D eigenvalue weighted by Gasteiger charge is 2.09. The van der Waals surface area contributed by atoms with E-state index in [1.165, 1.54) is 5.56 Å². The van der Waals surface area contributed by atoms with E-state index in [0.29, 0.717) is 11.1 Å². The fraction of sp³-hybridized carbons (Fsp3) is 0.176.